The Kier molecular flexibility index (Phi) is 66.1. The molecule has 0 bridgehead atoms. The third kappa shape index (κ3) is 53.8. The largest absolute Gasteiger partial charge is 0.394 e. The average molecular weight is 1450 g/mol. The summed E-state index contributed by atoms with van der Waals surface area (Å²) in [4.78, 5) is 13.4. The number of aliphatic hydroxyl groups excluding tert-OH is 8. The minimum absolute atomic E-state index is 0.243. The van der Waals surface area contributed by atoms with Crippen molar-refractivity contribution in [1.29, 1.82) is 0 Å². The molecule has 2 fully saturated rings. The van der Waals surface area contributed by atoms with Crippen molar-refractivity contribution in [2.45, 2.75) is 415 Å². The predicted octanol–water partition coefficient (Wildman–Crippen LogP) is 20.0. The summed E-state index contributed by atoms with van der Waals surface area (Å²) in [5.74, 6) is -0.243. The fraction of sp³-hybridized carbons (Fsp3) is 0.764. The van der Waals surface area contributed by atoms with Crippen LogP contribution in [0.5, 0.6) is 0 Å². The van der Waals surface area contributed by atoms with Gasteiger partial charge in [0.1, 0.15) is 48.8 Å². The van der Waals surface area contributed by atoms with E-state index in [1.54, 1.807) is 6.08 Å². The maximum Gasteiger partial charge on any atom is 0.220 e. The summed E-state index contributed by atoms with van der Waals surface area (Å²) >= 11 is 0. The molecule has 0 aromatic carbocycles. The lowest BCUT2D eigenvalue weighted by atomic mass is 9.97. The summed E-state index contributed by atoms with van der Waals surface area (Å²) in [6.45, 7) is 2.72. The molecule has 0 spiro atoms. The molecule has 14 heteroatoms. The zero-order chi connectivity index (χ0) is 74.4. The van der Waals surface area contributed by atoms with Crippen LogP contribution in [0.25, 0.3) is 0 Å². The molecule has 0 aliphatic carbocycles. The SMILES string of the molecule is CC/C=C\C/C=C\C/C=C\C/C=C\C/C=C\C/C=C\C/C=C\C/C=C\C/C=C\CCCCCCCCCCCCCC(=O)NC(COC1OC(CO)C(OC2OC(CO)C(O)C(O)C2O)C(O)C1O)C(O)/C=C/CCCCCCCCCCCCCCCCCCCCCCCCCCCCCC. The summed E-state index contributed by atoms with van der Waals surface area (Å²) in [7, 11) is 0. The molecule has 103 heavy (non-hydrogen) atoms. The van der Waals surface area contributed by atoms with Gasteiger partial charge in [-0.05, 0) is 89.9 Å². The van der Waals surface area contributed by atoms with Crippen LogP contribution < -0.4 is 5.32 Å². The van der Waals surface area contributed by atoms with Gasteiger partial charge in [0.15, 0.2) is 12.6 Å². The van der Waals surface area contributed by atoms with Gasteiger partial charge in [-0.25, -0.2) is 0 Å². The molecule has 2 heterocycles. The number of nitrogens with one attached hydrogen (secondary N) is 1. The smallest absolute Gasteiger partial charge is 0.220 e. The Labute approximate surface area is 628 Å². The maximum absolute atomic E-state index is 13.4. The van der Waals surface area contributed by atoms with Crippen molar-refractivity contribution < 1.29 is 64.6 Å². The first-order chi connectivity index (χ1) is 50.6. The summed E-state index contributed by atoms with van der Waals surface area (Å²) in [6, 6.07) is -0.926. The summed E-state index contributed by atoms with van der Waals surface area (Å²) in [6.07, 6.45) is 88.5. The number of rotatable bonds is 70. The van der Waals surface area contributed by atoms with Crippen LogP contribution in [0, 0.1) is 0 Å². The number of carbonyl (C=O) groups excluding carboxylic acids is 1. The second-order valence-electron chi connectivity index (χ2n) is 29.2. The zero-order valence-corrected chi connectivity index (χ0v) is 65.3. The van der Waals surface area contributed by atoms with Crippen molar-refractivity contribution in [3.8, 4) is 0 Å². The molecular formula is C89H155NO13. The van der Waals surface area contributed by atoms with Crippen molar-refractivity contribution in [2.24, 2.45) is 0 Å². The van der Waals surface area contributed by atoms with Crippen LogP contribution in [-0.2, 0) is 23.7 Å². The molecule has 2 aliphatic rings. The molecule has 2 aliphatic heterocycles. The summed E-state index contributed by atoms with van der Waals surface area (Å²) in [5, 5.41) is 87.8. The van der Waals surface area contributed by atoms with E-state index in [2.05, 4.69) is 129 Å². The van der Waals surface area contributed by atoms with E-state index in [-0.39, 0.29) is 18.9 Å². The number of aliphatic hydroxyl groups is 8. The Hall–Kier alpha value is -3.61. The van der Waals surface area contributed by atoms with Gasteiger partial charge in [-0.1, -0.05) is 367 Å². The number of hydrogen-bond donors (Lipinski definition) is 9. The van der Waals surface area contributed by atoms with Gasteiger partial charge in [-0.3, -0.25) is 4.79 Å². The van der Waals surface area contributed by atoms with Crippen LogP contribution in [0.1, 0.15) is 341 Å². The first-order valence-corrected chi connectivity index (χ1v) is 42.3. The first-order valence-electron chi connectivity index (χ1n) is 42.3. The average Bonchev–Trinajstić information content (AvgIpc) is 0.791. The van der Waals surface area contributed by atoms with Crippen LogP contribution in [0.4, 0.5) is 0 Å². The molecule has 0 saturated carbocycles. The normalized spacial score (nSPS) is 22.2. The van der Waals surface area contributed by atoms with Crippen LogP contribution in [0.2, 0.25) is 0 Å². The second kappa shape index (κ2) is 71.3. The molecule has 1 amide bonds. The minimum Gasteiger partial charge on any atom is -0.394 e. The number of ether oxygens (including phenoxy) is 4. The van der Waals surface area contributed by atoms with Crippen molar-refractivity contribution in [3.63, 3.8) is 0 Å². The Morgan fingerprint density at radius 3 is 1.03 bits per heavy atom. The third-order valence-electron chi connectivity index (χ3n) is 19.9. The molecule has 0 aromatic heterocycles. The van der Waals surface area contributed by atoms with Gasteiger partial charge in [0.05, 0.1) is 32.0 Å². The Morgan fingerprint density at radius 1 is 0.359 bits per heavy atom. The van der Waals surface area contributed by atoms with Gasteiger partial charge in [0, 0.05) is 6.42 Å². The van der Waals surface area contributed by atoms with Crippen molar-refractivity contribution >= 4 is 5.91 Å². The Bertz CT molecular complexity index is 2200. The van der Waals surface area contributed by atoms with Gasteiger partial charge >= 0.3 is 0 Å². The lowest BCUT2D eigenvalue weighted by molar-refractivity contribution is -0.359. The lowest BCUT2D eigenvalue weighted by Gasteiger charge is -2.46. The van der Waals surface area contributed by atoms with E-state index in [4.69, 9.17) is 18.9 Å². The standard InChI is InChI=1S/C89H155NO13/c1-3-5-7-9-11-13-15-17-19-21-23-25-27-29-31-33-35-36-37-38-39-40-41-42-43-45-47-49-51-53-55-57-59-61-63-65-67-69-71-73-81(94)90-77(76-100-88-86(99)84(97)87(80(75-92)102-88)103-89-85(98)83(96)82(95)79(74-91)101-89)78(93)72-70-68-66-64-62-60-58-56-54-52-50-48-46-44-34-32-30-28-26-24-22-20-18-16-14-12-10-8-6-4-2/h5,7,11,13,17,19,23,25,29,31,35-36,38-39,41-42,45,47,70,72,77-80,82-89,91-93,95-99H,3-4,6,8-10,12,14-16,18,20-22,24,26-28,30,32-34,37,40,43-44,46,48-69,71,73-76H2,1-2H3,(H,90,94)/b7-5-,13-11-,19-17-,25-23-,31-29-,36-35-,39-38-,42-41-,47-45-,72-70+. The van der Waals surface area contributed by atoms with E-state index in [1.165, 1.54) is 212 Å². The van der Waals surface area contributed by atoms with E-state index < -0.39 is 86.8 Å². The van der Waals surface area contributed by atoms with Gasteiger partial charge in [0.2, 0.25) is 5.91 Å². The van der Waals surface area contributed by atoms with Gasteiger partial charge < -0.3 is 65.1 Å². The topological polar surface area (TPSA) is 228 Å². The summed E-state index contributed by atoms with van der Waals surface area (Å²) in [5.41, 5.74) is 0. The molecule has 14 nitrogen and oxygen atoms in total. The van der Waals surface area contributed by atoms with Gasteiger partial charge in [-0.15, -0.1) is 0 Å². The molecule has 12 unspecified atom stereocenters. The highest BCUT2D eigenvalue weighted by atomic mass is 16.7. The van der Waals surface area contributed by atoms with E-state index in [0.29, 0.717) is 6.42 Å². The number of amides is 1. The lowest BCUT2D eigenvalue weighted by Crippen LogP contribution is -2.65. The van der Waals surface area contributed by atoms with Crippen LogP contribution in [-0.4, -0.2) is 140 Å². The quantitative estimate of drug-likeness (QED) is 0.0204. The van der Waals surface area contributed by atoms with Crippen LogP contribution >= 0.6 is 0 Å². The van der Waals surface area contributed by atoms with E-state index in [1.807, 2.05) is 6.08 Å². The summed E-state index contributed by atoms with van der Waals surface area (Å²) < 4.78 is 22.9. The molecule has 2 rings (SSSR count). The van der Waals surface area contributed by atoms with Crippen LogP contribution in [0.15, 0.2) is 122 Å². The number of hydrogen-bond acceptors (Lipinski definition) is 13. The third-order valence-corrected chi connectivity index (χ3v) is 19.9. The fourth-order valence-electron chi connectivity index (χ4n) is 13.3. The minimum atomic E-state index is -1.79. The molecule has 594 valence electrons. The molecule has 0 aromatic rings. The van der Waals surface area contributed by atoms with E-state index >= 15 is 0 Å². The fourth-order valence-corrected chi connectivity index (χ4v) is 13.3. The highest BCUT2D eigenvalue weighted by Gasteiger charge is 2.51. The predicted molar refractivity (Wildman–Crippen MR) is 429 cm³/mol. The molecule has 12 atom stereocenters. The maximum atomic E-state index is 13.4. The highest BCUT2D eigenvalue weighted by molar-refractivity contribution is 5.76. The van der Waals surface area contributed by atoms with Gasteiger partial charge in [0.25, 0.3) is 0 Å². The van der Waals surface area contributed by atoms with Crippen molar-refractivity contribution in [1.82, 2.24) is 5.32 Å². The van der Waals surface area contributed by atoms with E-state index in [9.17, 15) is 45.6 Å². The Morgan fingerprint density at radius 2 is 0.670 bits per heavy atom. The zero-order valence-electron chi connectivity index (χ0n) is 65.3. The molecule has 2 saturated heterocycles. The second-order valence-corrected chi connectivity index (χ2v) is 29.2. The van der Waals surface area contributed by atoms with Crippen molar-refractivity contribution in [2.75, 3.05) is 19.8 Å². The number of unbranched alkanes of at least 4 members (excludes halogenated alkanes) is 39. The van der Waals surface area contributed by atoms with Crippen molar-refractivity contribution in [3.05, 3.63) is 122 Å². The van der Waals surface area contributed by atoms with Crippen LogP contribution in [0.3, 0.4) is 0 Å². The number of allylic oxidation sites excluding steroid dienone is 19. The monoisotopic (exact) mass is 1450 g/mol. The highest BCUT2D eigenvalue weighted by Crippen LogP contribution is 2.30. The van der Waals surface area contributed by atoms with E-state index in [0.717, 1.165) is 103 Å². The number of carbonyl (C=O) groups is 1. The first kappa shape index (κ1) is 95.5. The Balaban J connectivity index is 1.61. The molecule has 9 N–H and O–H groups in total. The van der Waals surface area contributed by atoms with Gasteiger partial charge in [-0.2, -0.15) is 0 Å². The molecular weight excluding hydrogens is 1290 g/mol. The molecule has 0 radical (unpaired) electrons.